The molecule has 0 aliphatic carbocycles. The Labute approximate surface area is 174 Å². The number of nitrogens with zero attached hydrogens (tertiary/aromatic N) is 1. The van der Waals surface area contributed by atoms with Gasteiger partial charge in [-0.3, -0.25) is 4.79 Å². The van der Waals surface area contributed by atoms with Crippen LogP contribution in [0.15, 0.2) is 48.5 Å². The Morgan fingerprint density at radius 3 is 2.40 bits per heavy atom. The molecule has 1 heterocycles. The van der Waals surface area contributed by atoms with Crippen LogP contribution in [0.25, 0.3) is 10.2 Å². The normalized spacial score (nSPS) is 13.5. The molecule has 1 aromatic heterocycles. The maximum atomic E-state index is 14.1. The van der Waals surface area contributed by atoms with Crippen molar-refractivity contribution in [2.24, 2.45) is 0 Å². The van der Waals surface area contributed by atoms with Gasteiger partial charge in [-0.15, -0.1) is 0 Å². The first-order chi connectivity index (χ1) is 14.2. The van der Waals surface area contributed by atoms with Crippen LogP contribution < -0.4 is 10.6 Å². The second-order valence-corrected chi connectivity index (χ2v) is 7.55. The molecular formula is C20H18F3N3O3S. The largest absolute Gasteiger partial charge is 0.466 e. The molecule has 0 spiro atoms. The summed E-state index contributed by atoms with van der Waals surface area (Å²) < 4.78 is 47.4. The van der Waals surface area contributed by atoms with Gasteiger partial charge in [0, 0.05) is 0 Å². The number of carbonyl (C=O) groups is 2. The molecule has 10 heteroatoms. The monoisotopic (exact) mass is 437 g/mol. The molecule has 0 aliphatic rings. The minimum absolute atomic E-state index is 0.179. The number of methoxy groups -OCH3 is 1. The van der Waals surface area contributed by atoms with E-state index < -0.39 is 23.7 Å². The van der Waals surface area contributed by atoms with E-state index in [0.717, 1.165) is 24.0 Å². The van der Waals surface area contributed by atoms with Crippen molar-refractivity contribution < 1.29 is 27.5 Å². The zero-order chi connectivity index (χ0) is 21.9. The molecule has 0 saturated heterocycles. The third-order valence-electron chi connectivity index (χ3n) is 4.37. The number of hydrogen-bond donors (Lipinski definition) is 2. The fraction of sp³-hybridized carbons (Fsp3) is 0.250. The standard InChI is InChI=1S/C20H18F3N3O3S/c1-12-7-6-10-14-16(12)24-18(30-14)26-19(17(28)29-2,20(21,22)23)25-15(27)11-13-8-4-3-5-9-13/h3-10H,11H2,1-2H3,(H,24,26)(H,25,27)/t19-/m1/s1. The molecule has 158 valence electrons. The summed E-state index contributed by atoms with van der Waals surface area (Å²) in [6.45, 7) is 1.77. The van der Waals surface area contributed by atoms with Gasteiger partial charge in [0.15, 0.2) is 5.13 Å². The lowest BCUT2D eigenvalue weighted by Crippen LogP contribution is -2.69. The first-order valence-electron chi connectivity index (χ1n) is 8.80. The molecule has 0 fully saturated rings. The Balaban J connectivity index is 1.98. The summed E-state index contributed by atoms with van der Waals surface area (Å²) in [5.74, 6) is -2.71. The number of anilines is 1. The van der Waals surface area contributed by atoms with E-state index in [1.807, 2.05) is 0 Å². The molecule has 0 unspecified atom stereocenters. The molecule has 0 bridgehead atoms. The van der Waals surface area contributed by atoms with Gasteiger partial charge in [-0.05, 0) is 24.1 Å². The number of nitrogens with one attached hydrogen (secondary N) is 2. The van der Waals surface area contributed by atoms with Gasteiger partial charge >= 0.3 is 17.8 Å². The van der Waals surface area contributed by atoms with E-state index in [1.54, 1.807) is 60.8 Å². The first-order valence-corrected chi connectivity index (χ1v) is 9.62. The number of esters is 1. The molecule has 6 nitrogen and oxygen atoms in total. The Hall–Kier alpha value is -3.14. The number of amides is 1. The van der Waals surface area contributed by atoms with E-state index in [1.165, 1.54) is 0 Å². The third kappa shape index (κ3) is 4.23. The molecule has 0 radical (unpaired) electrons. The predicted molar refractivity (Wildman–Crippen MR) is 107 cm³/mol. The topological polar surface area (TPSA) is 80.3 Å². The number of alkyl halides is 3. The van der Waals surface area contributed by atoms with Crippen molar-refractivity contribution >= 4 is 38.6 Å². The third-order valence-corrected chi connectivity index (χ3v) is 5.30. The molecule has 2 aromatic carbocycles. The molecule has 3 aromatic rings. The highest BCUT2D eigenvalue weighted by Crippen LogP contribution is 2.36. The number of para-hydroxylation sites is 1. The number of aromatic nitrogens is 1. The molecule has 30 heavy (non-hydrogen) atoms. The van der Waals surface area contributed by atoms with Crippen molar-refractivity contribution in [2.45, 2.75) is 25.2 Å². The van der Waals surface area contributed by atoms with Crippen LogP contribution in [0, 0.1) is 6.92 Å². The fourth-order valence-corrected chi connectivity index (χ4v) is 3.88. The summed E-state index contributed by atoms with van der Waals surface area (Å²) in [6, 6.07) is 13.4. The lowest BCUT2D eigenvalue weighted by Gasteiger charge is -2.34. The second kappa shape index (κ2) is 8.31. The summed E-state index contributed by atoms with van der Waals surface area (Å²) in [6.07, 6.45) is -5.56. The van der Waals surface area contributed by atoms with Crippen molar-refractivity contribution in [3.8, 4) is 0 Å². The maximum absolute atomic E-state index is 14.1. The van der Waals surface area contributed by atoms with Crippen LogP contribution in [0.1, 0.15) is 11.1 Å². The van der Waals surface area contributed by atoms with Crippen LogP contribution in [0.5, 0.6) is 0 Å². The molecule has 3 rings (SSSR count). The van der Waals surface area contributed by atoms with Crippen molar-refractivity contribution in [3.05, 3.63) is 59.7 Å². The van der Waals surface area contributed by atoms with E-state index in [9.17, 15) is 22.8 Å². The highest BCUT2D eigenvalue weighted by molar-refractivity contribution is 7.22. The van der Waals surface area contributed by atoms with Crippen LogP contribution in [0.3, 0.4) is 0 Å². The summed E-state index contributed by atoms with van der Waals surface area (Å²) in [5, 5.41) is 3.71. The lowest BCUT2D eigenvalue weighted by atomic mass is 10.1. The van der Waals surface area contributed by atoms with Crippen molar-refractivity contribution in [1.82, 2.24) is 10.3 Å². The van der Waals surface area contributed by atoms with Gasteiger partial charge in [-0.2, -0.15) is 13.2 Å². The van der Waals surface area contributed by atoms with Gasteiger partial charge in [0.05, 0.1) is 23.7 Å². The summed E-state index contributed by atoms with van der Waals surface area (Å²) >= 11 is 0.932. The molecule has 1 atom stereocenters. The highest BCUT2D eigenvalue weighted by atomic mass is 32.1. The molecule has 0 saturated carbocycles. The lowest BCUT2D eigenvalue weighted by molar-refractivity contribution is -0.206. The van der Waals surface area contributed by atoms with Gasteiger partial charge in [0.2, 0.25) is 5.91 Å². The highest BCUT2D eigenvalue weighted by Gasteiger charge is 2.63. The van der Waals surface area contributed by atoms with Crippen molar-refractivity contribution in [1.29, 1.82) is 0 Å². The number of rotatable bonds is 6. The van der Waals surface area contributed by atoms with Crippen molar-refractivity contribution in [2.75, 3.05) is 12.4 Å². The minimum atomic E-state index is -5.21. The zero-order valence-corrected chi connectivity index (χ0v) is 16.9. The van der Waals surface area contributed by atoms with E-state index in [-0.39, 0.29) is 11.6 Å². The summed E-state index contributed by atoms with van der Waals surface area (Å²) in [5.41, 5.74) is -1.73. The van der Waals surface area contributed by atoms with E-state index in [4.69, 9.17) is 0 Å². The smallest absolute Gasteiger partial charge is 0.442 e. The molecule has 0 aliphatic heterocycles. The number of benzene rings is 2. The number of hydrogen-bond acceptors (Lipinski definition) is 6. The van der Waals surface area contributed by atoms with Crippen LogP contribution in [-0.2, 0) is 20.7 Å². The van der Waals surface area contributed by atoms with Gasteiger partial charge in [0.1, 0.15) is 0 Å². The molecule has 1 amide bonds. The Morgan fingerprint density at radius 2 is 1.80 bits per heavy atom. The minimum Gasteiger partial charge on any atom is -0.466 e. The number of thiazole rings is 1. The number of carbonyl (C=O) groups excluding carboxylic acids is 2. The number of fused-ring (bicyclic) bond motifs is 1. The van der Waals surface area contributed by atoms with Gasteiger partial charge < -0.3 is 15.4 Å². The SMILES string of the molecule is COC(=O)[C@@](NC(=O)Cc1ccccc1)(Nc1nc2c(C)cccc2s1)C(F)(F)F. The Kier molecular flexibility index (Phi) is 5.97. The fourth-order valence-electron chi connectivity index (χ4n) is 2.88. The number of ether oxygens (including phenoxy) is 1. The van der Waals surface area contributed by atoms with E-state index >= 15 is 0 Å². The van der Waals surface area contributed by atoms with Gasteiger partial charge in [-0.25, -0.2) is 9.78 Å². The second-order valence-electron chi connectivity index (χ2n) is 6.52. The summed E-state index contributed by atoms with van der Waals surface area (Å²) in [4.78, 5) is 28.9. The van der Waals surface area contributed by atoms with Crippen molar-refractivity contribution in [3.63, 3.8) is 0 Å². The number of aryl methyl sites for hydroxylation is 1. The van der Waals surface area contributed by atoms with E-state index in [0.29, 0.717) is 15.8 Å². The predicted octanol–water partition coefficient (Wildman–Crippen LogP) is 3.81. The summed E-state index contributed by atoms with van der Waals surface area (Å²) in [7, 11) is 0.816. The molecular weight excluding hydrogens is 419 g/mol. The zero-order valence-electron chi connectivity index (χ0n) is 16.0. The van der Waals surface area contributed by atoms with Crippen LogP contribution in [-0.4, -0.2) is 35.8 Å². The first kappa shape index (κ1) is 21.6. The quantitative estimate of drug-likeness (QED) is 0.453. The van der Waals surface area contributed by atoms with Crippen LogP contribution in [0.2, 0.25) is 0 Å². The van der Waals surface area contributed by atoms with Gasteiger partial charge in [0.25, 0.3) is 0 Å². The average molecular weight is 437 g/mol. The van der Waals surface area contributed by atoms with E-state index in [2.05, 4.69) is 15.0 Å². The average Bonchev–Trinajstić information content (AvgIpc) is 3.10. The Morgan fingerprint density at radius 1 is 1.10 bits per heavy atom. The number of halogens is 3. The van der Waals surface area contributed by atoms with Crippen LogP contribution in [0.4, 0.5) is 18.3 Å². The molecule has 2 N–H and O–H groups in total. The maximum Gasteiger partial charge on any atom is 0.442 e. The Bertz CT molecular complexity index is 1070. The van der Waals surface area contributed by atoms with Gasteiger partial charge in [-0.1, -0.05) is 53.8 Å². The van der Waals surface area contributed by atoms with Crippen LogP contribution >= 0.6 is 11.3 Å².